The van der Waals surface area contributed by atoms with Crippen molar-refractivity contribution in [3.8, 4) is 0 Å². The van der Waals surface area contributed by atoms with E-state index < -0.39 is 14.8 Å². The molecule has 0 bridgehead atoms. The number of hydrogen-bond donors (Lipinski definition) is 2. The van der Waals surface area contributed by atoms with Gasteiger partial charge in [-0.25, -0.2) is 0 Å². The fourth-order valence-electron chi connectivity index (χ4n) is 0.370. The molecule has 0 rings (SSSR count). The van der Waals surface area contributed by atoms with Gasteiger partial charge in [0.2, 0.25) is 0 Å². The molecule has 0 radical (unpaired) electrons. The van der Waals surface area contributed by atoms with Crippen LogP contribution in [0.4, 0.5) is 0 Å². The molecule has 0 heterocycles. The third-order valence-electron chi connectivity index (χ3n) is 1.41. The lowest BCUT2D eigenvalue weighted by molar-refractivity contribution is 0.406. The van der Waals surface area contributed by atoms with Gasteiger partial charge in [-0.3, -0.25) is 4.55 Å². The summed E-state index contributed by atoms with van der Waals surface area (Å²) in [7, 11) is -4.12. The Balaban J connectivity index is 4.38. The maximum absolute atomic E-state index is 10.4. The van der Waals surface area contributed by atoms with E-state index in [1.165, 1.54) is 0 Å². The summed E-state index contributed by atoms with van der Waals surface area (Å²) in [5.74, 6) is 0.0458. The third-order valence-corrected chi connectivity index (χ3v) is 3.47. The summed E-state index contributed by atoms with van der Waals surface area (Å²) in [5.41, 5.74) is 0. The summed E-state index contributed by atoms with van der Waals surface area (Å²) in [4.78, 5) is 0. The molecule has 0 saturated carbocycles. The summed E-state index contributed by atoms with van der Waals surface area (Å²) < 4.78 is 30.4. The van der Waals surface area contributed by atoms with E-state index in [2.05, 4.69) is 15.9 Å². The van der Waals surface area contributed by atoms with Crippen molar-refractivity contribution in [1.29, 1.82) is 0 Å². The summed E-state index contributed by atoms with van der Waals surface area (Å²) in [6, 6.07) is 0. The second-order valence-electron chi connectivity index (χ2n) is 2.81. The first kappa shape index (κ1) is 11.4. The fraction of sp³-hybridized carbons (Fsp3) is 1.00. The zero-order valence-electron chi connectivity index (χ0n) is 6.63. The summed E-state index contributed by atoms with van der Waals surface area (Å²) in [6.45, 7) is 5.28. The van der Waals surface area contributed by atoms with Crippen LogP contribution in [0.3, 0.4) is 0 Å². The molecule has 0 aliphatic heterocycles. The van der Waals surface area contributed by atoms with Crippen molar-refractivity contribution >= 4 is 26.2 Å². The molecule has 0 aliphatic rings. The zero-order valence-corrected chi connectivity index (χ0v) is 9.03. The maximum atomic E-state index is 10.4. The van der Waals surface area contributed by atoms with E-state index in [1.807, 2.05) is 18.6 Å². The van der Waals surface area contributed by atoms with E-state index in [1.54, 1.807) is 6.92 Å². The molecule has 0 aliphatic carbocycles. The van der Waals surface area contributed by atoms with Gasteiger partial charge in [-0.05, 0) is 12.8 Å². The highest BCUT2D eigenvalue weighted by Crippen LogP contribution is 2.23. The van der Waals surface area contributed by atoms with Crippen LogP contribution in [-0.4, -0.2) is 17.4 Å². The lowest BCUT2D eigenvalue weighted by atomic mass is 10.1. The van der Waals surface area contributed by atoms with E-state index in [0.717, 1.165) is 0 Å². The Morgan fingerprint density at radius 3 is 2.00 bits per heavy atom. The molecule has 4 nitrogen and oxygen atoms in total. The lowest BCUT2D eigenvalue weighted by Crippen LogP contribution is -2.44. The van der Waals surface area contributed by atoms with Gasteiger partial charge in [0, 0.05) is 0 Å². The molecule has 0 spiro atoms. The molecule has 68 valence electrons. The van der Waals surface area contributed by atoms with Crippen LogP contribution in [-0.2, 0) is 10.3 Å². The number of alkyl halides is 1. The number of nitrogens with one attached hydrogen (secondary N) is 1. The van der Waals surface area contributed by atoms with Crippen molar-refractivity contribution in [1.82, 2.24) is 4.72 Å². The van der Waals surface area contributed by atoms with E-state index in [0.29, 0.717) is 0 Å². The SMILES string of the molecule is CC(C)C(C)(Br)NS(=O)(=O)O. The van der Waals surface area contributed by atoms with Crippen LogP contribution < -0.4 is 4.72 Å². The van der Waals surface area contributed by atoms with Gasteiger partial charge < -0.3 is 0 Å². The van der Waals surface area contributed by atoms with Gasteiger partial charge in [-0.15, -0.1) is 0 Å². The maximum Gasteiger partial charge on any atom is 0.334 e. The van der Waals surface area contributed by atoms with Crippen LogP contribution in [0.15, 0.2) is 0 Å². The average molecular weight is 246 g/mol. The molecular weight excluding hydrogens is 234 g/mol. The fourth-order valence-corrected chi connectivity index (χ4v) is 1.72. The van der Waals surface area contributed by atoms with Crippen molar-refractivity contribution < 1.29 is 13.0 Å². The normalized spacial score (nSPS) is 18.4. The highest BCUT2D eigenvalue weighted by Gasteiger charge is 2.28. The molecule has 0 amide bonds. The minimum absolute atomic E-state index is 0.0458. The highest BCUT2D eigenvalue weighted by atomic mass is 79.9. The Labute approximate surface area is 75.4 Å². The van der Waals surface area contributed by atoms with E-state index in [-0.39, 0.29) is 5.92 Å². The molecule has 1 atom stereocenters. The van der Waals surface area contributed by atoms with Crippen LogP contribution in [0.2, 0.25) is 0 Å². The Morgan fingerprint density at radius 1 is 1.55 bits per heavy atom. The zero-order chi connectivity index (χ0) is 9.28. The molecule has 0 fully saturated rings. The molecule has 0 saturated heterocycles. The van der Waals surface area contributed by atoms with Gasteiger partial charge in [-0.1, -0.05) is 29.8 Å². The van der Waals surface area contributed by atoms with Crippen LogP contribution in [0, 0.1) is 5.92 Å². The van der Waals surface area contributed by atoms with Gasteiger partial charge in [0.15, 0.2) is 0 Å². The van der Waals surface area contributed by atoms with Gasteiger partial charge in [0.1, 0.15) is 0 Å². The molecule has 2 N–H and O–H groups in total. The second kappa shape index (κ2) is 3.38. The first-order valence-corrected chi connectivity index (χ1v) is 5.34. The first-order chi connectivity index (χ1) is 4.65. The third kappa shape index (κ3) is 4.73. The summed E-state index contributed by atoms with van der Waals surface area (Å²) in [6.07, 6.45) is 0. The summed E-state index contributed by atoms with van der Waals surface area (Å²) >= 11 is 3.13. The molecule has 0 aromatic carbocycles. The molecule has 11 heavy (non-hydrogen) atoms. The Kier molecular flexibility index (Phi) is 3.49. The number of halogens is 1. The van der Waals surface area contributed by atoms with E-state index in [9.17, 15) is 8.42 Å². The van der Waals surface area contributed by atoms with Crippen molar-refractivity contribution in [3.05, 3.63) is 0 Å². The van der Waals surface area contributed by atoms with Crippen LogP contribution >= 0.6 is 15.9 Å². The van der Waals surface area contributed by atoms with Gasteiger partial charge in [0.05, 0.1) is 4.45 Å². The number of hydrogen-bond acceptors (Lipinski definition) is 2. The van der Waals surface area contributed by atoms with Crippen LogP contribution in [0.25, 0.3) is 0 Å². The number of rotatable bonds is 3. The van der Waals surface area contributed by atoms with Crippen molar-refractivity contribution in [3.63, 3.8) is 0 Å². The van der Waals surface area contributed by atoms with Gasteiger partial charge >= 0.3 is 10.3 Å². The first-order valence-electron chi connectivity index (χ1n) is 3.10. The minimum Gasteiger partial charge on any atom is -0.273 e. The topological polar surface area (TPSA) is 66.4 Å². The molecule has 6 heteroatoms. The lowest BCUT2D eigenvalue weighted by Gasteiger charge is -2.26. The summed E-state index contributed by atoms with van der Waals surface area (Å²) in [5, 5.41) is 0. The van der Waals surface area contributed by atoms with E-state index in [4.69, 9.17) is 4.55 Å². The van der Waals surface area contributed by atoms with Crippen molar-refractivity contribution in [2.75, 3.05) is 0 Å². The minimum atomic E-state index is -4.12. The van der Waals surface area contributed by atoms with Crippen molar-refractivity contribution in [2.24, 2.45) is 5.92 Å². The Bertz CT molecular complexity index is 222. The Morgan fingerprint density at radius 2 is 1.91 bits per heavy atom. The predicted octanol–water partition coefficient (Wildman–Crippen LogP) is 1.15. The average Bonchev–Trinajstić information content (AvgIpc) is 1.56. The standard InChI is InChI=1S/C5H12BrNO3S/c1-4(2)5(3,6)7-11(8,9)10/h4,7H,1-3H3,(H,8,9,10). The van der Waals surface area contributed by atoms with Crippen molar-refractivity contribution in [2.45, 2.75) is 25.2 Å². The smallest absolute Gasteiger partial charge is 0.273 e. The van der Waals surface area contributed by atoms with Gasteiger partial charge in [0.25, 0.3) is 0 Å². The molecule has 0 aromatic rings. The second-order valence-corrected chi connectivity index (χ2v) is 5.61. The van der Waals surface area contributed by atoms with Crippen LogP contribution in [0.5, 0.6) is 0 Å². The van der Waals surface area contributed by atoms with Gasteiger partial charge in [-0.2, -0.15) is 13.1 Å². The quantitative estimate of drug-likeness (QED) is 0.446. The monoisotopic (exact) mass is 245 g/mol. The Hall–Kier alpha value is 0.350. The predicted molar refractivity (Wildman–Crippen MR) is 46.9 cm³/mol. The highest BCUT2D eigenvalue weighted by molar-refractivity contribution is 9.10. The van der Waals surface area contributed by atoms with E-state index >= 15 is 0 Å². The molecular formula is C5H12BrNO3S. The molecule has 0 aromatic heterocycles. The molecule has 1 unspecified atom stereocenters. The largest absolute Gasteiger partial charge is 0.334 e. The van der Waals surface area contributed by atoms with Crippen LogP contribution in [0.1, 0.15) is 20.8 Å².